The van der Waals surface area contributed by atoms with Crippen LogP contribution in [0.4, 0.5) is 4.39 Å². The van der Waals surface area contributed by atoms with Gasteiger partial charge in [-0.05, 0) is 22.8 Å². The number of ether oxygens (including phenoxy) is 2. The summed E-state index contributed by atoms with van der Waals surface area (Å²) in [7, 11) is 1.56. The number of hydrogen-bond donors (Lipinski definition) is 2. The third-order valence-corrected chi connectivity index (χ3v) is 4.89. The summed E-state index contributed by atoms with van der Waals surface area (Å²) in [5.41, 5.74) is 2.49. The first-order chi connectivity index (χ1) is 12.5. The van der Waals surface area contributed by atoms with Crippen molar-refractivity contribution in [3.8, 4) is 5.88 Å². The second-order valence-corrected chi connectivity index (χ2v) is 6.74. The van der Waals surface area contributed by atoms with Crippen LogP contribution in [0.3, 0.4) is 0 Å². The molecule has 140 valence electrons. The Hall–Kier alpha value is -1.73. The lowest BCUT2D eigenvalue weighted by molar-refractivity contribution is -0.164. The number of alkyl halides is 1. The van der Waals surface area contributed by atoms with E-state index in [0.29, 0.717) is 22.9 Å². The van der Waals surface area contributed by atoms with Gasteiger partial charge in [-0.1, -0.05) is 29.8 Å². The Bertz CT molecular complexity index is 743. The van der Waals surface area contributed by atoms with Crippen LogP contribution in [0.15, 0.2) is 36.5 Å². The molecule has 4 atom stereocenters. The fraction of sp³-hybridized carbons (Fsp3) is 0.421. The number of aliphatic hydroxyl groups is 2. The average Bonchev–Trinajstić information content (AvgIpc) is 2.64. The first-order valence-electron chi connectivity index (χ1n) is 8.37. The van der Waals surface area contributed by atoms with Gasteiger partial charge in [0.05, 0.1) is 19.8 Å². The van der Waals surface area contributed by atoms with E-state index in [0.717, 1.165) is 11.1 Å². The zero-order chi connectivity index (χ0) is 18.7. The smallest absolute Gasteiger partial charge is 0.212 e. The highest BCUT2D eigenvalue weighted by Gasteiger charge is 2.38. The molecule has 2 N–H and O–H groups in total. The largest absolute Gasteiger partial charge is 0.481 e. The fourth-order valence-electron chi connectivity index (χ4n) is 3.09. The second-order valence-electron chi connectivity index (χ2n) is 6.33. The third-order valence-electron chi connectivity index (χ3n) is 4.52. The van der Waals surface area contributed by atoms with Crippen LogP contribution in [-0.4, -0.2) is 47.3 Å². The molecular weight excluding hydrogens is 361 g/mol. The van der Waals surface area contributed by atoms with Gasteiger partial charge >= 0.3 is 0 Å². The molecule has 1 saturated heterocycles. The van der Waals surface area contributed by atoms with Gasteiger partial charge < -0.3 is 19.7 Å². The van der Waals surface area contributed by atoms with E-state index in [4.69, 9.17) is 21.1 Å². The van der Waals surface area contributed by atoms with Crippen LogP contribution in [-0.2, 0) is 11.2 Å². The van der Waals surface area contributed by atoms with E-state index in [-0.39, 0.29) is 6.42 Å². The summed E-state index contributed by atoms with van der Waals surface area (Å²) >= 11 is 6.31. The molecule has 0 amide bonds. The van der Waals surface area contributed by atoms with Gasteiger partial charge in [-0.15, -0.1) is 0 Å². The molecule has 2 heterocycles. The molecule has 0 spiro atoms. The van der Waals surface area contributed by atoms with Crippen LogP contribution in [0.1, 0.15) is 29.2 Å². The third kappa shape index (κ3) is 4.15. The molecule has 0 bridgehead atoms. The van der Waals surface area contributed by atoms with E-state index in [1.54, 1.807) is 31.5 Å². The zero-order valence-electron chi connectivity index (χ0n) is 14.3. The van der Waals surface area contributed by atoms with Gasteiger partial charge in [0.2, 0.25) is 5.88 Å². The molecule has 5 nitrogen and oxygen atoms in total. The van der Waals surface area contributed by atoms with Crippen LogP contribution in [0.2, 0.25) is 5.02 Å². The highest BCUT2D eigenvalue weighted by Crippen LogP contribution is 2.35. The van der Waals surface area contributed by atoms with Crippen LogP contribution in [0, 0.1) is 0 Å². The Labute approximate surface area is 156 Å². The number of pyridine rings is 1. The van der Waals surface area contributed by atoms with Crippen molar-refractivity contribution in [2.24, 2.45) is 0 Å². The lowest BCUT2D eigenvalue weighted by Crippen LogP contribution is -2.42. The minimum atomic E-state index is -1.39. The maximum atomic E-state index is 13.8. The lowest BCUT2D eigenvalue weighted by atomic mass is 9.93. The van der Waals surface area contributed by atoms with E-state index >= 15 is 0 Å². The predicted octanol–water partition coefficient (Wildman–Crippen LogP) is 2.86. The normalized spacial score (nSPS) is 25.9. The number of aliphatic hydroxyl groups excluding tert-OH is 2. The number of nitrogens with zero attached hydrogens (tertiary/aromatic N) is 1. The summed E-state index contributed by atoms with van der Waals surface area (Å²) in [4.78, 5) is 4.18. The molecule has 2 aromatic rings. The van der Waals surface area contributed by atoms with E-state index < -0.39 is 31.1 Å². The molecule has 1 fully saturated rings. The van der Waals surface area contributed by atoms with Gasteiger partial charge in [0.25, 0.3) is 0 Å². The molecule has 1 aromatic carbocycles. The average molecular weight is 382 g/mol. The quantitative estimate of drug-likeness (QED) is 0.833. The highest BCUT2D eigenvalue weighted by atomic mass is 35.5. The van der Waals surface area contributed by atoms with E-state index in [1.807, 2.05) is 12.1 Å². The second kappa shape index (κ2) is 8.31. The maximum absolute atomic E-state index is 13.8. The van der Waals surface area contributed by atoms with Gasteiger partial charge in [0.15, 0.2) is 0 Å². The van der Waals surface area contributed by atoms with Crippen molar-refractivity contribution in [3.05, 3.63) is 58.2 Å². The molecule has 0 radical (unpaired) electrons. The van der Waals surface area contributed by atoms with Crippen molar-refractivity contribution >= 4 is 11.6 Å². The topological polar surface area (TPSA) is 71.8 Å². The minimum Gasteiger partial charge on any atom is -0.481 e. The van der Waals surface area contributed by atoms with Crippen LogP contribution in [0.25, 0.3) is 0 Å². The highest BCUT2D eigenvalue weighted by molar-refractivity contribution is 6.31. The molecule has 3 rings (SSSR count). The summed E-state index contributed by atoms with van der Waals surface area (Å²) in [5.74, 6) is 0.531. The number of benzene rings is 1. The van der Waals surface area contributed by atoms with Crippen molar-refractivity contribution in [1.82, 2.24) is 4.98 Å². The molecular formula is C19H21ClFNO4. The zero-order valence-corrected chi connectivity index (χ0v) is 15.1. The first-order valence-corrected chi connectivity index (χ1v) is 8.75. The van der Waals surface area contributed by atoms with Gasteiger partial charge in [0, 0.05) is 30.1 Å². The molecule has 1 aromatic heterocycles. The number of hydrogen-bond acceptors (Lipinski definition) is 5. The predicted molar refractivity (Wildman–Crippen MR) is 95.3 cm³/mol. The molecule has 7 heteroatoms. The van der Waals surface area contributed by atoms with Crippen molar-refractivity contribution in [2.45, 2.75) is 37.3 Å². The van der Waals surface area contributed by atoms with E-state index in [9.17, 15) is 14.6 Å². The monoisotopic (exact) mass is 381 g/mol. The molecule has 0 aliphatic carbocycles. The fourth-order valence-corrected chi connectivity index (χ4v) is 3.28. The van der Waals surface area contributed by atoms with E-state index in [1.165, 1.54) is 0 Å². The van der Waals surface area contributed by atoms with Crippen LogP contribution >= 0.6 is 11.6 Å². The SMILES string of the molecule is COc1ccc(Cc2cc(C3OC(CO)C(F)C[C@@H]3O)ccc2Cl)cn1. The summed E-state index contributed by atoms with van der Waals surface area (Å²) < 4.78 is 24.4. The Morgan fingerprint density at radius 2 is 2.15 bits per heavy atom. The number of aromatic nitrogens is 1. The van der Waals surface area contributed by atoms with E-state index in [2.05, 4.69) is 4.98 Å². The Balaban J connectivity index is 1.82. The van der Waals surface area contributed by atoms with Gasteiger partial charge in [0.1, 0.15) is 18.4 Å². The van der Waals surface area contributed by atoms with Crippen molar-refractivity contribution in [3.63, 3.8) is 0 Å². The summed E-state index contributed by atoms with van der Waals surface area (Å²) in [6.45, 7) is -0.428. The van der Waals surface area contributed by atoms with Crippen LogP contribution < -0.4 is 4.74 Å². The van der Waals surface area contributed by atoms with Gasteiger partial charge in [-0.3, -0.25) is 0 Å². The molecule has 0 saturated carbocycles. The summed E-state index contributed by atoms with van der Waals surface area (Å²) in [6.07, 6.45) is -1.83. The van der Waals surface area contributed by atoms with Gasteiger partial charge in [-0.25, -0.2) is 9.37 Å². The Morgan fingerprint density at radius 3 is 2.81 bits per heavy atom. The number of methoxy groups -OCH3 is 1. The summed E-state index contributed by atoms with van der Waals surface area (Å²) in [5, 5.41) is 20.1. The number of halogens is 2. The molecule has 3 unspecified atom stereocenters. The minimum absolute atomic E-state index is 0.0732. The van der Waals surface area contributed by atoms with Crippen LogP contribution in [0.5, 0.6) is 5.88 Å². The van der Waals surface area contributed by atoms with Crippen molar-refractivity contribution < 1.29 is 24.1 Å². The van der Waals surface area contributed by atoms with Gasteiger partial charge in [-0.2, -0.15) is 0 Å². The first kappa shape index (κ1) is 19.0. The van der Waals surface area contributed by atoms with Crippen molar-refractivity contribution in [1.29, 1.82) is 0 Å². The maximum Gasteiger partial charge on any atom is 0.212 e. The molecule has 26 heavy (non-hydrogen) atoms. The Kier molecular flexibility index (Phi) is 6.09. The Morgan fingerprint density at radius 1 is 1.35 bits per heavy atom. The van der Waals surface area contributed by atoms with Crippen molar-refractivity contribution in [2.75, 3.05) is 13.7 Å². The molecule has 1 aliphatic rings. The standard InChI is InChI=1S/C19H21ClFNO4/c1-25-18-5-2-11(9-22-18)6-13-7-12(3-4-14(13)20)19-16(24)8-15(21)17(10-23)26-19/h2-5,7,9,15-17,19,23-24H,6,8,10H2,1H3/t15?,16-,17?,19?/m0/s1. The summed E-state index contributed by atoms with van der Waals surface area (Å²) in [6, 6.07) is 8.99. The number of rotatable bonds is 5. The molecule has 1 aliphatic heterocycles. The lowest BCUT2D eigenvalue weighted by Gasteiger charge is -2.35.